The van der Waals surface area contributed by atoms with Gasteiger partial charge in [0, 0.05) is 11.9 Å². The Kier molecular flexibility index (Phi) is 6.19. The number of aliphatic carboxylic acids is 1. The topological polar surface area (TPSA) is 73.6 Å². The third kappa shape index (κ3) is 4.57. The highest BCUT2D eigenvalue weighted by atomic mass is 19.1. The molecular formula is C24H27FN2O3. The number of alkyl halides is 1. The number of fused-ring (bicyclic) bond motifs is 1. The molecule has 0 unspecified atom stereocenters. The van der Waals surface area contributed by atoms with Crippen molar-refractivity contribution in [2.75, 3.05) is 13.1 Å². The number of nitriles is 1. The molecule has 0 bridgehead atoms. The Labute approximate surface area is 176 Å². The minimum Gasteiger partial charge on any atom is -0.489 e. The van der Waals surface area contributed by atoms with E-state index in [0.29, 0.717) is 49.8 Å². The average molecular weight is 410 g/mol. The van der Waals surface area contributed by atoms with Gasteiger partial charge in [0.25, 0.3) is 0 Å². The molecule has 1 saturated carbocycles. The number of hydrogen-bond acceptors (Lipinski definition) is 4. The molecular weight excluding hydrogens is 383 g/mol. The molecule has 1 saturated heterocycles. The first-order valence-corrected chi connectivity index (χ1v) is 10.7. The average Bonchev–Trinajstić information content (AvgIpc) is 2.75. The number of ether oxygens (including phenoxy) is 1. The number of benzene rings is 2. The van der Waals surface area contributed by atoms with Crippen molar-refractivity contribution in [2.45, 2.75) is 57.3 Å². The van der Waals surface area contributed by atoms with E-state index in [1.807, 2.05) is 24.3 Å². The standard InChI is InChI=1S/C24H27FN2O3/c25-19-4-6-20(7-5-19)30-23-8-3-17-2-1-16(13-21(17)22(23)14-26)15-27-11-9-18(10-12-27)24(28)29/h1-3,8,13,18-20H,4-7,9-12,15H2,(H,28,29)/t19-,20+. The molecule has 4 rings (SSSR count). The van der Waals surface area contributed by atoms with Gasteiger partial charge in [-0.15, -0.1) is 0 Å². The van der Waals surface area contributed by atoms with E-state index in [1.54, 1.807) is 0 Å². The Bertz CT molecular complexity index is 955. The lowest BCUT2D eigenvalue weighted by molar-refractivity contribution is -0.143. The minimum absolute atomic E-state index is 0.0414. The van der Waals surface area contributed by atoms with Crippen LogP contribution in [-0.2, 0) is 11.3 Å². The quantitative estimate of drug-likeness (QED) is 0.776. The fraction of sp³-hybridized carbons (Fsp3) is 0.500. The Balaban J connectivity index is 1.51. The molecule has 0 spiro atoms. The highest BCUT2D eigenvalue weighted by molar-refractivity contribution is 5.90. The van der Waals surface area contributed by atoms with Crippen molar-refractivity contribution in [1.29, 1.82) is 5.26 Å². The number of rotatable bonds is 5. The van der Waals surface area contributed by atoms with Crippen LogP contribution in [0.1, 0.15) is 49.7 Å². The molecule has 0 radical (unpaired) electrons. The molecule has 5 nitrogen and oxygen atoms in total. The number of piperidine rings is 1. The van der Waals surface area contributed by atoms with Crippen molar-refractivity contribution < 1.29 is 19.0 Å². The lowest BCUT2D eigenvalue weighted by Gasteiger charge is -2.30. The molecule has 2 aromatic rings. The summed E-state index contributed by atoms with van der Waals surface area (Å²) in [7, 11) is 0. The molecule has 30 heavy (non-hydrogen) atoms. The van der Waals surface area contributed by atoms with Crippen LogP contribution in [0.25, 0.3) is 10.8 Å². The maximum Gasteiger partial charge on any atom is 0.306 e. The van der Waals surface area contributed by atoms with Gasteiger partial charge < -0.3 is 9.84 Å². The van der Waals surface area contributed by atoms with Gasteiger partial charge >= 0.3 is 5.97 Å². The molecule has 1 aliphatic carbocycles. The monoisotopic (exact) mass is 410 g/mol. The van der Waals surface area contributed by atoms with Gasteiger partial charge in [0.1, 0.15) is 23.6 Å². The van der Waals surface area contributed by atoms with Crippen LogP contribution in [0.15, 0.2) is 30.3 Å². The summed E-state index contributed by atoms with van der Waals surface area (Å²) in [5, 5.41) is 20.8. The molecule has 2 aromatic carbocycles. The lowest BCUT2D eigenvalue weighted by atomic mass is 9.95. The summed E-state index contributed by atoms with van der Waals surface area (Å²) in [5.41, 5.74) is 1.63. The second-order valence-corrected chi connectivity index (χ2v) is 8.49. The van der Waals surface area contributed by atoms with Crippen LogP contribution in [0, 0.1) is 17.2 Å². The summed E-state index contributed by atoms with van der Waals surface area (Å²) in [6.07, 6.45) is 2.95. The minimum atomic E-state index is -0.736. The molecule has 2 aliphatic rings. The van der Waals surface area contributed by atoms with E-state index < -0.39 is 12.1 Å². The van der Waals surface area contributed by atoms with Crippen molar-refractivity contribution in [3.8, 4) is 11.8 Å². The summed E-state index contributed by atoms with van der Waals surface area (Å²) < 4.78 is 19.5. The van der Waals surface area contributed by atoms with E-state index in [2.05, 4.69) is 17.0 Å². The van der Waals surface area contributed by atoms with Gasteiger partial charge in [0.05, 0.1) is 12.0 Å². The second kappa shape index (κ2) is 9.01. The molecule has 1 aliphatic heterocycles. The van der Waals surface area contributed by atoms with E-state index in [0.717, 1.165) is 36.0 Å². The zero-order valence-corrected chi connectivity index (χ0v) is 17.0. The molecule has 1 N–H and O–H groups in total. The molecule has 158 valence electrons. The van der Waals surface area contributed by atoms with Crippen LogP contribution in [-0.4, -0.2) is 41.3 Å². The molecule has 0 atom stereocenters. The lowest BCUT2D eigenvalue weighted by Crippen LogP contribution is -2.35. The third-order valence-corrected chi connectivity index (χ3v) is 6.40. The summed E-state index contributed by atoms with van der Waals surface area (Å²) in [4.78, 5) is 13.4. The summed E-state index contributed by atoms with van der Waals surface area (Å²) in [6.45, 7) is 2.26. The number of carboxylic acids is 1. The zero-order valence-electron chi connectivity index (χ0n) is 17.0. The first kappa shape index (κ1) is 20.6. The van der Waals surface area contributed by atoms with Crippen LogP contribution in [0.5, 0.6) is 5.75 Å². The van der Waals surface area contributed by atoms with Gasteiger partial charge in [0.15, 0.2) is 0 Å². The molecule has 1 heterocycles. The number of likely N-dealkylation sites (tertiary alicyclic amines) is 1. The van der Waals surface area contributed by atoms with Crippen LogP contribution >= 0.6 is 0 Å². The molecule has 2 fully saturated rings. The van der Waals surface area contributed by atoms with Crippen LogP contribution in [0.2, 0.25) is 0 Å². The van der Waals surface area contributed by atoms with Crippen molar-refractivity contribution in [3.63, 3.8) is 0 Å². The molecule has 0 aromatic heterocycles. The second-order valence-electron chi connectivity index (χ2n) is 8.49. The van der Waals surface area contributed by atoms with Gasteiger partial charge in [-0.3, -0.25) is 9.69 Å². The Morgan fingerprint density at radius 1 is 1.13 bits per heavy atom. The van der Waals surface area contributed by atoms with E-state index >= 15 is 0 Å². The van der Waals surface area contributed by atoms with E-state index in [9.17, 15) is 14.4 Å². The van der Waals surface area contributed by atoms with Gasteiger partial charge in [0.2, 0.25) is 0 Å². The maximum atomic E-state index is 13.4. The van der Waals surface area contributed by atoms with Crippen LogP contribution in [0.4, 0.5) is 4.39 Å². The molecule has 0 amide bonds. The van der Waals surface area contributed by atoms with Crippen molar-refractivity contribution in [3.05, 3.63) is 41.5 Å². The highest BCUT2D eigenvalue weighted by Crippen LogP contribution is 2.32. The van der Waals surface area contributed by atoms with Crippen molar-refractivity contribution >= 4 is 16.7 Å². The van der Waals surface area contributed by atoms with Gasteiger partial charge in [-0.1, -0.05) is 18.2 Å². The van der Waals surface area contributed by atoms with Crippen molar-refractivity contribution in [2.24, 2.45) is 5.92 Å². The Morgan fingerprint density at radius 2 is 1.83 bits per heavy atom. The number of hydrogen-bond donors (Lipinski definition) is 1. The fourth-order valence-corrected chi connectivity index (χ4v) is 4.57. The number of nitrogens with zero attached hydrogens (tertiary/aromatic N) is 2. The van der Waals surface area contributed by atoms with E-state index in [1.165, 1.54) is 0 Å². The highest BCUT2D eigenvalue weighted by Gasteiger charge is 2.25. The Morgan fingerprint density at radius 3 is 2.50 bits per heavy atom. The summed E-state index contributed by atoms with van der Waals surface area (Å²) >= 11 is 0. The Hall–Kier alpha value is -2.65. The third-order valence-electron chi connectivity index (χ3n) is 6.40. The normalized spacial score (nSPS) is 23.2. The van der Waals surface area contributed by atoms with Crippen molar-refractivity contribution in [1.82, 2.24) is 4.90 Å². The van der Waals surface area contributed by atoms with Gasteiger partial charge in [-0.25, -0.2) is 4.39 Å². The number of carbonyl (C=O) groups is 1. The zero-order chi connectivity index (χ0) is 21.1. The van der Waals surface area contributed by atoms with E-state index in [4.69, 9.17) is 9.84 Å². The number of carboxylic acid groups (broad SMARTS) is 1. The SMILES string of the molecule is N#Cc1c(O[C@H]2CC[C@@H](F)CC2)ccc2ccc(CN3CCC(C(=O)O)CC3)cc12. The first-order valence-electron chi connectivity index (χ1n) is 10.7. The number of halogens is 1. The predicted octanol–water partition coefficient (Wildman–Crippen LogP) is 4.67. The van der Waals surface area contributed by atoms with Crippen LogP contribution < -0.4 is 4.74 Å². The summed E-state index contributed by atoms with van der Waals surface area (Å²) in [6, 6.07) is 12.3. The van der Waals surface area contributed by atoms with Crippen LogP contribution in [0.3, 0.4) is 0 Å². The first-order chi connectivity index (χ1) is 14.5. The largest absolute Gasteiger partial charge is 0.489 e. The van der Waals surface area contributed by atoms with E-state index in [-0.39, 0.29) is 12.0 Å². The van der Waals surface area contributed by atoms with Gasteiger partial charge in [-0.2, -0.15) is 5.26 Å². The molecule has 6 heteroatoms. The van der Waals surface area contributed by atoms with Gasteiger partial charge in [-0.05, 0) is 74.7 Å². The predicted molar refractivity (Wildman–Crippen MR) is 112 cm³/mol. The smallest absolute Gasteiger partial charge is 0.306 e. The maximum absolute atomic E-state index is 13.4. The fourth-order valence-electron chi connectivity index (χ4n) is 4.57. The summed E-state index contributed by atoms with van der Waals surface area (Å²) in [5.74, 6) is -0.367.